The second-order valence-electron chi connectivity index (χ2n) is 4.75. The van der Waals surface area contributed by atoms with E-state index in [2.05, 4.69) is 19.1 Å². The van der Waals surface area contributed by atoms with E-state index in [0.717, 1.165) is 19.3 Å². The Hall–Kier alpha value is -1.31. The topological polar surface area (TPSA) is 20.3 Å². The molecule has 99 valence electrons. The number of carbonyl (C=O) groups excluding carboxylic acids is 1. The van der Waals surface area contributed by atoms with Gasteiger partial charge in [0.2, 0.25) is 5.91 Å². The second-order valence-corrected chi connectivity index (χ2v) is 4.75. The van der Waals surface area contributed by atoms with Gasteiger partial charge in [0.15, 0.2) is 0 Å². The van der Waals surface area contributed by atoms with Gasteiger partial charge in [0.1, 0.15) is 0 Å². The lowest BCUT2D eigenvalue weighted by Gasteiger charge is -2.17. The molecule has 2 nitrogen and oxygen atoms in total. The van der Waals surface area contributed by atoms with E-state index in [1.165, 1.54) is 18.4 Å². The average molecular weight is 246 g/mol. The predicted molar refractivity (Wildman–Crippen MR) is 76.0 cm³/mol. The molecule has 0 bridgehead atoms. The molecule has 0 saturated heterocycles. The Morgan fingerprint density at radius 3 is 2.44 bits per heavy atom. The number of unbranched alkanes of at least 4 members (excludes halogenated alkanes) is 4. The maximum absolute atomic E-state index is 11.9. The fourth-order valence-electron chi connectivity index (χ4n) is 1.94. The van der Waals surface area contributed by atoms with E-state index in [9.17, 15) is 4.79 Å². The molecule has 0 heterocycles. The maximum Gasteiger partial charge on any atom is 0.222 e. The molecule has 2 heteroatoms. The van der Waals surface area contributed by atoms with Crippen LogP contribution in [0.2, 0.25) is 0 Å². The van der Waals surface area contributed by atoms with E-state index in [-0.39, 0.29) is 5.91 Å². The summed E-state index contributed by atoms with van der Waals surface area (Å²) < 4.78 is 0. The normalized spacial score (nSPS) is 10.3. The van der Waals surface area contributed by atoms with Crippen molar-refractivity contribution in [2.75, 3.05) is 7.05 Å². The first-order chi connectivity index (χ1) is 8.74. The molecule has 0 unspecified atom stereocenters. The van der Waals surface area contributed by atoms with E-state index in [0.29, 0.717) is 13.0 Å². The van der Waals surface area contributed by atoms with Gasteiger partial charge in [-0.3, -0.25) is 4.79 Å². The van der Waals surface area contributed by atoms with Gasteiger partial charge in [-0.2, -0.15) is 0 Å². The Balaban J connectivity index is 2.21. The van der Waals surface area contributed by atoms with Gasteiger partial charge in [0.05, 0.1) is 0 Å². The fourth-order valence-corrected chi connectivity index (χ4v) is 1.94. The molecule has 1 rings (SSSR count). The van der Waals surface area contributed by atoms with Crippen LogP contribution in [0, 0.1) is 6.92 Å². The quantitative estimate of drug-likeness (QED) is 0.639. The highest BCUT2D eigenvalue weighted by atomic mass is 16.2. The lowest BCUT2D eigenvalue weighted by atomic mass is 10.1. The third-order valence-electron chi connectivity index (χ3n) is 3.08. The highest BCUT2D eigenvalue weighted by Gasteiger charge is 2.08. The standard InChI is InChI=1S/C16H24NO/c1-3-4-5-6-10-13-16(18)17(2)14-15-11-8-7-9-12-15/h7-9,11-12H,1,3-6,10,13-14H2,2H3. The first-order valence-electron chi connectivity index (χ1n) is 6.81. The van der Waals surface area contributed by atoms with Crippen LogP contribution in [0.1, 0.15) is 44.1 Å². The summed E-state index contributed by atoms with van der Waals surface area (Å²) in [5.74, 6) is 0.244. The van der Waals surface area contributed by atoms with Crippen LogP contribution in [0.4, 0.5) is 0 Å². The first-order valence-corrected chi connectivity index (χ1v) is 6.81. The van der Waals surface area contributed by atoms with Crippen LogP contribution in [0.5, 0.6) is 0 Å². The van der Waals surface area contributed by atoms with Crippen LogP contribution in [0.25, 0.3) is 0 Å². The Morgan fingerprint density at radius 1 is 1.11 bits per heavy atom. The highest BCUT2D eigenvalue weighted by Crippen LogP contribution is 2.08. The summed E-state index contributed by atoms with van der Waals surface area (Å²) in [5, 5.41) is 0. The van der Waals surface area contributed by atoms with Gasteiger partial charge in [0.25, 0.3) is 0 Å². The minimum atomic E-state index is 0.244. The molecule has 0 N–H and O–H groups in total. The zero-order valence-corrected chi connectivity index (χ0v) is 11.4. The van der Waals surface area contributed by atoms with Crippen molar-refractivity contribution in [3.8, 4) is 0 Å². The molecule has 1 aromatic carbocycles. The summed E-state index contributed by atoms with van der Waals surface area (Å²) in [6.07, 6.45) is 6.17. The molecule has 1 radical (unpaired) electrons. The minimum Gasteiger partial charge on any atom is -0.341 e. The fraction of sp³-hybridized carbons (Fsp3) is 0.500. The average Bonchev–Trinajstić information content (AvgIpc) is 2.39. The summed E-state index contributed by atoms with van der Waals surface area (Å²) in [4.78, 5) is 13.7. The van der Waals surface area contributed by atoms with Crippen molar-refractivity contribution >= 4 is 5.91 Å². The molecule has 0 aliphatic rings. The molecule has 1 amide bonds. The summed E-state index contributed by atoms with van der Waals surface area (Å²) in [5.41, 5.74) is 1.19. The number of hydrogen-bond acceptors (Lipinski definition) is 1. The number of hydrogen-bond donors (Lipinski definition) is 0. The van der Waals surface area contributed by atoms with Crippen molar-refractivity contribution in [3.63, 3.8) is 0 Å². The number of amides is 1. The van der Waals surface area contributed by atoms with Crippen molar-refractivity contribution in [3.05, 3.63) is 42.8 Å². The molecule has 0 aliphatic carbocycles. The molecule has 0 aliphatic heterocycles. The zero-order valence-electron chi connectivity index (χ0n) is 11.4. The number of carbonyl (C=O) groups is 1. The molecule has 18 heavy (non-hydrogen) atoms. The monoisotopic (exact) mass is 246 g/mol. The Morgan fingerprint density at radius 2 is 1.78 bits per heavy atom. The zero-order chi connectivity index (χ0) is 13.2. The SMILES string of the molecule is [CH2]CCCCCCC(=O)N(C)Cc1ccccc1. The molecule has 0 saturated carbocycles. The highest BCUT2D eigenvalue weighted by molar-refractivity contribution is 5.75. The van der Waals surface area contributed by atoms with E-state index in [1.807, 2.05) is 30.1 Å². The van der Waals surface area contributed by atoms with E-state index in [1.54, 1.807) is 0 Å². The van der Waals surface area contributed by atoms with Crippen LogP contribution < -0.4 is 0 Å². The van der Waals surface area contributed by atoms with Gasteiger partial charge in [0, 0.05) is 20.0 Å². The van der Waals surface area contributed by atoms with Crippen molar-refractivity contribution in [1.29, 1.82) is 0 Å². The van der Waals surface area contributed by atoms with Crippen LogP contribution in [0.3, 0.4) is 0 Å². The van der Waals surface area contributed by atoms with E-state index in [4.69, 9.17) is 0 Å². The Kier molecular flexibility index (Phi) is 7.16. The van der Waals surface area contributed by atoms with Gasteiger partial charge in [-0.05, 0) is 12.0 Å². The molecule has 0 aromatic heterocycles. The molecule has 0 spiro atoms. The third-order valence-corrected chi connectivity index (χ3v) is 3.08. The summed E-state index contributed by atoms with van der Waals surface area (Å²) in [6.45, 7) is 4.53. The molecule has 0 atom stereocenters. The van der Waals surface area contributed by atoms with Gasteiger partial charge in [-0.25, -0.2) is 0 Å². The number of nitrogens with zero attached hydrogens (tertiary/aromatic N) is 1. The lowest BCUT2D eigenvalue weighted by Crippen LogP contribution is -2.25. The maximum atomic E-state index is 11.9. The van der Waals surface area contributed by atoms with Crippen LogP contribution >= 0.6 is 0 Å². The van der Waals surface area contributed by atoms with E-state index >= 15 is 0 Å². The van der Waals surface area contributed by atoms with Gasteiger partial charge in [-0.1, -0.05) is 62.9 Å². The lowest BCUT2D eigenvalue weighted by molar-refractivity contribution is -0.130. The minimum absolute atomic E-state index is 0.244. The first kappa shape index (κ1) is 14.7. The smallest absolute Gasteiger partial charge is 0.222 e. The Labute approximate surface area is 111 Å². The molecule has 0 fully saturated rings. The summed E-state index contributed by atoms with van der Waals surface area (Å²) in [6, 6.07) is 10.1. The van der Waals surface area contributed by atoms with Crippen molar-refractivity contribution in [2.45, 2.75) is 45.1 Å². The predicted octanol–water partition coefficient (Wildman–Crippen LogP) is 3.82. The van der Waals surface area contributed by atoms with E-state index < -0.39 is 0 Å². The van der Waals surface area contributed by atoms with Gasteiger partial charge >= 0.3 is 0 Å². The second kappa shape index (κ2) is 8.73. The molecular formula is C16H24NO. The van der Waals surface area contributed by atoms with Crippen molar-refractivity contribution in [2.24, 2.45) is 0 Å². The van der Waals surface area contributed by atoms with Crippen LogP contribution in [0.15, 0.2) is 30.3 Å². The summed E-state index contributed by atoms with van der Waals surface area (Å²) >= 11 is 0. The van der Waals surface area contributed by atoms with Crippen molar-refractivity contribution in [1.82, 2.24) is 4.90 Å². The number of benzene rings is 1. The largest absolute Gasteiger partial charge is 0.341 e. The van der Waals surface area contributed by atoms with Gasteiger partial charge < -0.3 is 4.90 Å². The summed E-state index contributed by atoms with van der Waals surface area (Å²) in [7, 11) is 1.88. The van der Waals surface area contributed by atoms with Crippen LogP contribution in [-0.4, -0.2) is 17.9 Å². The van der Waals surface area contributed by atoms with Crippen LogP contribution in [-0.2, 0) is 11.3 Å². The van der Waals surface area contributed by atoms with Crippen molar-refractivity contribution < 1.29 is 4.79 Å². The third kappa shape index (κ3) is 5.85. The molecule has 1 aromatic rings. The Bertz CT molecular complexity index is 334. The number of rotatable bonds is 8. The molecular weight excluding hydrogens is 222 g/mol. The van der Waals surface area contributed by atoms with Gasteiger partial charge in [-0.15, -0.1) is 0 Å².